The number of ketones is 1. The van der Waals surface area contributed by atoms with Gasteiger partial charge in [0.25, 0.3) is 0 Å². The van der Waals surface area contributed by atoms with E-state index in [2.05, 4.69) is 34.7 Å². The fraction of sp³-hybridized carbons (Fsp3) is 0.462. The maximum atomic E-state index is 11.9. The highest BCUT2D eigenvalue weighted by Gasteiger charge is 2.10. The van der Waals surface area contributed by atoms with Crippen molar-refractivity contribution >= 4 is 21.7 Å². The first kappa shape index (κ1) is 13.4. The van der Waals surface area contributed by atoms with Crippen molar-refractivity contribution in [1.82, 2.24) is 4.90 Å². The topological polar surface area (TPSA) is 20.3 Å². The highest BCUT2D eigenvalue weighted by Crippen LogP contribution is 2.12. The van der Waals surface area contributed by atoms with Crippen LogP contribution in [0.2, 0.25) is 0 Å². The van der Waals surface area contributed by atoms with Gasteiger partial charge >= 0.3 is 0 Å². The number of carbonyl (C=O) groups is 1. The summed E-state index contributed by atoms with van der Waals surface area (Å²) in [4.78, 5) is 14.0. The van der Waals surface area contributed by atoms with Gasteiger partial charge in [-0.05, 0) is 25.1 Å². The summed E-state index contributed by atoms with van der Waals surface area (Å²) in [5, 5.41) is 0. The first-order chi connectivity index (χ1) is 7.49. The van der Waals surface area contributed by atoms with Crippen LogP contribution in [0.1, 0.15) is 24.2 Å². The third kappa shape index (κ3) is 4.45. The third-order valence-corrected chi connectivity index (χ3v) is 2.73. The molecule has 0 fully saturated rings. The number of halogens is 1. The zero-order valence-corrected chi connectivity index (χ0v) is 11.6. The van der Waals surface area contributed by atoms with Crippen molar-refractivity contribution in [3.8, 4) is 0 Å². The van der Waals surface area contributed by atoms with Crippen molar-refractivity contribution in [3.05, 3.63) is 34.3 Å². The van der Waals surface area contributed by atoms with Gasteiger partial charge in [0.05, 0.1) is 6.54 Å². The molecule has 1 aromatic rings. The lowest BCUT2D eigenvalue weighted by atomic mass is 10.1. The van der Waals surface area contributed by atoms with Gasteiger partial charge in [0.1, 0.15) is 0 Å². The highest BCUT2D eigenvalue weighted by molar-refractivity contribution is 9.10. The number of benzene rings is 1. The second kappa shape index (κ2) is 6.16. The van der Waals surface area contributed by atoms with Crippen LogP contribution >= 0.6 is 15.9 Å². The smallest absolute Gasteiger partial charge is 0.176 e. The fourth-order valence-electron chi connectivity index (χ4n) is 1.69. The molecular weight excluding hydrogens is 266 g/mol. The van der Waals surface area contributed by atoms with Gasteiger partial charge in [0.2, 0.25) is 0 Å². The van der Waals surface area contributed by atoms with Crippen LogP contribution in [0.4, 0.5) is 0 Å². The predicted octanol–water partition coefficient (Wildman–Crippen LogP) is 3.22. The number of nitrogens with zero attached hydrogens (tertiary/aromatic N) is 1. The van der Waals surface area contributed by atoms with Crippen LogP contribution in [0.15, 0.2) is 28.7 Å². The summed E-state index contributed by atoms with van der Waals surface area (Å²) >= 11 is 3.37. The Morgan fingerprint density at radius 2 is 2.12 bits per heavy atom. The molecule has 0 unspecified atom stereocenters. The molecule has 0 aromatic heterocycles. The van der Waals surface area contributed by atoms with Gasteiger partial charge in [0.15, 0.2) is 5.78 Å². The van der Waals surface area contributed by atoms with E-state index in [1.54, 1.807) is 0 Å². The van der Waals surface area contributed by atoms with Gasteiger partial charge in [-0.1, -0.05) is 41.9 Å². The molecule has 0 radical (unpaired) electrons. The van der Waals surface area contributed by atoms with Crippen LogP contribution in [0.5, 0.6) is 0 Å². The standard InChI is InChI=1S/C13H18BrNO/c1-10(2)8-15(3)9-13(16)11-5-4-6-12(14)7-11/h4-7,10H,8-9H2,1-3H3. The van der Waals surface area contributed by atoms with Crippen LogP contribution < -0.4 is 0 Å². The molecule has 1 rings (SSSR count). The molecule has 0 saturated heterocycles. The fourth-order valence-corrected chi connectivity index (χ4v) is 2.09. The van der Waals surface area contributed by atoms with Crippen LogP contribution in [0, 0.1) is 5.92 Å². The Kier molecular flexibility index (Phi) is 5.16. The number of hydrogen-bond acceptors (Lipinski definition) is 2. The minimum atomic E-state index is 0.171. The summed E-state index contributed by atoms with van der Waals surface area (Å²) in [6.07, 6.45) is 0. The van der Waals surface area contributed by atoms with Crippen molar-refractivity contribution in [3.63, 3.8) is 0 Å². The second-order valence-electron chi connectivity index (χ2n) is 4.52. The van der Waals surface area contributed by atoms with Crippen molar-refractivity contribution in [2.45, 2.75) is 13.8 Å². The Hall–Kier alpha value is -0.670. The molecule has 0 aliphatic carbocycles. The minimum absolute atomic E-state index is 0.171. The molecule has 16 heavy (non-hydrogen) atoms. The summed E-state index contributed by atoms with van der Waals surface area (Å²) in [6.45, 7) is 5.73. The molecule has 88 valence electrons. The molecule has 0 spiro atoms. The first-order valence-electron chi connectivity index (χ1n) is 5.46. The van der Waals surface area contributed by atoms with Crippen molar-refractivity contribution < 1.29 is 4.79 Å². The molecule has 0 amide bonds. The van der Waals surface area contributed by atoms with Crippen molar-refractivity contribution in [2.24, 2.45) is 5.92 Å². The van der Waals surface area contributed by atoms with Crippen molar-refractivity contribution in [1.29, 1.82) is 0 Å². The van der Waals surface area contributed by atoms with E-state index < -0.39 is 0 Å². The lowest BCUT2D eigenvalue weighted by Gasteiger charge is -2.17. The molecular formula is C13H18BrNO. The molecule has 0 aliphatic heterocycles. The minimum Gasteiger partial charge on any atom is -0.299 e. The third-order valence-electron chi connectivity index (χ3n) is 2.24. The van der Waals surface area contributed by atoms with Crippen LogP contribution in [0.3, 0.4) is 0 Å². The van der Waals surface area contributed by atoms with E-state index in [-0.39, 0.29) is 5.78 Å². The van der Waals surface area contributed by atoms with E-state index >= 15 is 0 Å². The Morgan fingerprint density at radius 3 is 2.69 bits per heavy atom. The monoisotopic (exact) mass is 283 g/mol. The van der Waals surface area contributed by atoms with Crippen LogP contribution in [-0.2, 0) is 0 Å². The first-order valence-corrected chi connectivity index (χ1v) is 6.25. The van der Waals surface area contributed by atoms with Crippen molar-refractivity contribution in [2.75, 3.05) is 20.1 Å². The van der Waals surface area contributed by atoms with E-state index in [0.717, 1.165) is 16.6 Å². The quantitative estimate of drug-likeness (QED) is 0.774. The molecule has 0 atom stereocenters. The average molecular weight is 284 g/mol. The Morgan fingerprint density at radius 1 is 1.44 bits per heavy atom. The zero-order valence-electron chi connectivity index (χ0n) is 10.0. The van der Waals surface area contributed by atoms with Gasteiger partial charge in [-0.3, -0.25) is 9.69 Å². The second-order valence-corrected chi connectivity index (χ2v) is 5.44. The number of hydrogen-bond donors (Lipinski definition) is 0. The van der Waals surface area contributed by atoms with E-state index in [1.165, 1.54) is 0 Å². The zero-order chi connectivity index (χ0) is 12.1. The summed E-state index contributed by atoms with van der Waals surface area (Å²) in [5.41, 5.74) is 0.769. The Labute approximate surface area is 106 Å². The number of carbonyl (C=O) groups excluding carboxylic acids is 1. The molecule has 1 aromatic carbocycles. The summed E-state index contributed by atoms with van der Waals surface area (Å²) < 4.78 is 0.949. The van der Waals surface area contributed by atoms with Crippen LogP contribution in [0.25, 0.3) is 0 Å². The van der Waals surface area contributed by atoms with Crippen LogP contribution in [-0.4, -0.2) is 30.8 Å². The number of rotatable bonds is 5. The van der Waals surface area contributed by atoms with Gasteiger partial charge in [0, 0.05) is 16.6 Å². The van der Waals surface area contributed by atoms with E-state index in [4.69, 9.17) is 0 Å². The lowest BCUT2D eigenvalue weighted by molar-refractivity contribution is 0.0940. The van der Waals surface area contributed by atoms with Gasteiger partial charge in [-0.2, -0.15) is 0 Å². The average Bonchev–Trinajstić information content (AvgIpc) is 2.16. The SMILES string of the molecule is CC(C)CN(C)CC(=O)c1cccc(Br)c1. The molecule has 0 saturated carbocycles. The highest BCUT2D eigenvalue weighted by atomic mass is 79.9. The molecule has 2 nitrogen and oxygen atoms in total. The maximum absolute atomic E-state index is 11.9. The van der Waals surface area contributed by atoms with Gasteiger partial charge in [-0.25, -0.2) is 0 Å². The largest absolute Gasteiger partial charge is 0.299 e. The Balaban J connectivity index is 2.59. The number of likely N-dealkylation sites (N-methyl/N-ethyl adjacent to an activating group) is 1. The maximum Gasteiger partial charge on any atom is 0.176 e. The molecule has 0 N–H and O–H groups in total. The summed E-state index contributed by atoms with van der Waals surface area (Å²) in [6, 6.07) is 7.54. The summed E-state index contributed by atoms with van der Waals surface area (Å²) in [7, 11) is 1.98. The normalized spacial score (nSPS) is 11.1. The summed E-state index contributed by atoms with van der Waals surface area (Å²) in [5.74, 6) is 0.754. The van der Waals surface area contributed by atoms with E-state index in [0.29, 0.717) is 12.5 Å². The lowest BCUT2D eigenvalue weighted by Crippen LogP contribution is -2.29. The van der Waals surface area contributed by atoms with E-state index in [9.17, 15) is 4.79 Å². The van der Waals surface area contributed by atoms with Gasteiger partial charge < -0.3 is 0 Å². The molecule has 0 aliphatic rings. The molecule has 0 bridgehead atoms. The Bertz CT molecular complexity index is 363. The molecule has 3 heteroatoms. The number of Topliss-reactive ketones (excluding diaryl/α,β-unsaturated/α-hetero) is 1. The molecule has 0 heterocycles. The van der Waals surface area contributed by atoms with Gasteiger partial charge in [-0.15, -0.1) is 0 Å². The van der Waals surface area contributed by atoms with E-state index in [1.807, 2.05) is 31.3 Å². The predicted molar refractivity (Wildman–Crippen MR) is 70.8 cm³/mol.